The van der Waals surface area contributed by atoms with E-state index in [0.29, 0.717) is 0 Å². The van der Waals surface area contributed by atoms with Gasteiger partial charge in [0.1, 0.15) is 0 Å². The standard InChI is InChI=1S/C36H22N2/c1-3-13-29-27(11-1)28-12-2-5-15-31(28)36-33(29)30-14-4-6-16-32(30)35(38-36)25-20-18-23(19-21-25)26-17-7-9-24-10-8-22-37-34(24)26/h1-22H. The van der Waals surface area contributed by atoms with Gasteiger partial charge in [0.15, 0.2) is 0 Å². The highest BCUT2D eigenvalue weighted by Crippen LogP contribution is 2.41. The summed E-state index contributed by atoms with van der Waals surface area (Å²) in [6, 6.07) is 45.2. The minimum atomic E-state index is 1.01. The highest BCUT2D eigenvalue weighted by atomic mass is 14.7. The second-order valence-electron chi connectivity index (χ2n) is 9.78. The van der Waals surface area contributed by atoms with Crippen LogP contribution in [0.4, 0.5) is 0 Å². The first-order chi connectivity index (χ1) is 18.9. The lowest BCUT2D eigenvalue weighted by Crippen LogP contribution is -1.93. The zero-order chi connectivity index (χ0) is 25.1. The maximum Gasteiger partial charge on any atom is 0.0800 e. The van der Waals surface area contributed by atoms with Crippen molar-refractivity contribution in [1.29, 1.82) is 0 Å². The maximum absolute atomic E-state index is 5.39. The van der Waals surface area contributed by atoms with Crippen LogP contribution >= 0.6 is 0 Å². The number of pyridine rings is 2. The largest absolute Gasteiger partial charge is 0.256 e. The van der Waals surface area contributed by atoms with Gasteiger partial charge in [-0.2, -0.15) is 0 Å². The number of fused-ring (bicyclic) bond motifs is 9. The molecule has 2 aromatic heterocycles. The lowest BCUT2D eigenvalue weighted by Gasteiger charge is -2.15. The number of para-hydroxylation sites is 1. The van der Waals surface area contributed by atoms with Crippen LogP contribution < -0.4 is 0 Å². The van der Waals surface area contributed by atoms with Crippen molar-refractivity contribution in [2.24, 2.45) is 0 Å². The summed E-state index contributed by atoms with van der Waals surface area (Å²) in [7, 11) is 0. The fourth-order valence-corrected chi connectivity index (χ4v) is 5.96. The fourth-order valence-electron chi connectivity index (χ4n) is 5.96. The van der Waals surface area contributed by atoms with E-state index in [-0.39, 0.29) is 0 Å². The van der Waals surface area contributed by atoms with Gasteiger partial charge in [0.2, 0.25) is 0 Å². The van der Waals surface area contributed by atoms with Crippen molar-refractivity contribution < 1.29 is 0 Å². The van der Waals surface area contributed by atoms with Gasteiger partial charge in [-0.3, -0.25) is 4.98 Å². The predicted octanol–water partition coefficient (Wildman–Crippen LogP) is 9.58. The van der Waals surface area contributed by atoms with Crippen molar-refractivity contribution in [3.05, 3.63) is 134 Å². The summed E-state index contributed by atoms with van der Waals surface area (Å²) in [6.07, 6.45) is 1.86. The van der Waals surface area contributed by atoms with Gasteiger partial charge in [-0.15, -0.1) is 0 Å². The monoisotopic (exact) mass is 482 g/mol. The molecule has 0 atom stereocenters. The zero-order valence-electron chi connectivity index (χ0n) is 20.6. The lowest BCUT2D eigenvalue weighted by atomic mass is 9.92. The van der Waals surface area contributed by atoms with Crippen LogP contribution in [0, 0.1) is 0 Å². The van der Waals surface area contributed by atoms with Crippen molar-refractivity contribution in [2.45, 2.75) is 0 Å². The normalized spacial score (nSPS) is 11.7. The van der Waals surface area contributed by atoms with Gasteiger partial charge in [0, 0.05) is 38.9 Å². The van der Waals surface area contributed by atoms with Crippen molar-refractivity contribution >= 4 is 54.1 Å². The smallest absolute Gasteiger partial charge is 0.0800 e. The van der Waals surface area contributed by atoms with Crippen LogP contribution in [-0.2, 0) is 0 Å². The molecule has 6 aromatic carbocycles. The Kier molecular flexibility index (Phi) is 4.55. The summed E-state index contributed by atoms with van der Waals surface area (Å²) < 4.78 is 0. The molecule has 2 heterocycles. The highest BCUT2D eigenvalue weighted by molar-refractivity contribution is 6.31. The predicted molar refractivity (Wildman–Crippen MR) is 160 cm³/mol. The van der Waals surface area contributed by atoms with E-state index in [0.717, 1.165) is 38.8 Å². The van der Waals surface area contributed by atoms with E-state index in [1.807, 2.05) is 12.3 Å². The molecular weight excluding hydrogens is 460 g/mol. The van der Waals surface area contributed by atoms with Crippen LogP contribution in [0.1, 0.15) is 0 Å². The summed E-state index contributed by atoms with van der Waals surface area (Å²) in [5, 5.41) is 9.71. The molecule has 38 heavy (non-hydrogen) atoms. The second kappa shape index (κ2) is 8.22. The van der Waals surface area contributed by atoms with Gasteiger partial charge < -0.3 is 0 Å². The van der Waals surface area contributed by atoms with Crippen LogP contribution in [0.3, 0.4) is 0 Å². The van der Waals surface area contributed by atoms with Crippen molar-refractivity contribution in [3.8, 4) is 22.4 Å². The first-order valence-corrected chi connectivity index (χ1v) is 12.9. The average molecular weight is 483 g/mol. The molecule has 0 aliphatic carbocycles. The van der Waals surface area contributed by atoms with Gasteiger partial charge in [0.05, 0.1) is 16.7 Å². The number of benzene rings is 6. The Labute approximate surface area is 219 Å². The third-order valence-corrected chi connectivity index (χ3v) is 7.68. The first kappa shape index (κ1) is 21.0. The topological polar surface area (TPSA) is 25.8 Å². The van der Waals surface area contributed by atoms with E-state index < -0.39 is 0 Å². The molecule has 0 aliphatic heterocycles. The Balaban J connectivity index is 1.41. The molecule has 8 aromatic rings. The third kappa shape index (κ3) is 3.07. The average Bonchev–Trinajstić information content (AvgIpc) is 3.00. The minimum absolute atomic E-state index is 1.01. The Hall–Kier alpha value is -5.08. The molecule has 0 spiro atoms. The molecule has 2 heteroatoms. The third-order valence-electron chi connectivity index (χ3n) is 7.68. The van der Waals surface area contributed by atoms with E-state index in [9.17, 15) is 0 Å². The van der Waals surface area contributed by atoms with Gasteiger partial charge >= 0.3 is 0 Å². The highest BCUT2D eigenvalue weighted by Gasteiger charge is 2.16. The maximum atomic E-state index is 5.39. The molecule has 0 unspecified atom stereocenters. The van der Waals surface area contributed by atoms with Gasteiger partial charge in [-0.25, -0.2) is 4.98 Å². The second-order valence-corrected chi connectivity index (χ2v) is 9.78. The SMILES string of the molecule is c1cnc2c(-c3ccc(-c4nc5c6ccccc6c6ccccc6c5c5ccccc45)cc3)cccc2c1. The molecule has 0 aliphatic rings. The van der Waals surface area contributed by atoms with E-state index in [1.165, 1.54) is 37.7 Å². The van der Waals surface area contributed by atoms with Crippen molar-refractivity contribution in [2.75, 3.05) is 0 Å². The Morgan fingerprint density at radius 1 is 0.395 bits per heavy atom. The van der Waals surface area contributed by atoms with Gasteiger partial charge in [0.25, 0.3) is 0 Å². The van der Waals surface area contributed by atoms with Gasteiger partial charge in [-0.1, -0.05) is 121 Å². The number of rotatable bonds is 2. The van der Waals surface area contributed by atoms with Crippen LogP contribution in [0.2, 0.25) is 0 Å². The number of hydrogen-bond acceptors (Lipinski definition) is 2. The van der Waals surface area contributed by atoms with Crippen LogP contribution in [-0.4, -0.2) is 9.97 Å². The van der Waals surface area contributed by atoms with Crippen LogP contribution in [0.25, 0.3) is 76.5 Å². The van der Waals surface area contributed by atoms with Crippen molar-refractivity contribution in [1.82, 2.24) is 9.97 Å². The molecular formula is C36H22N2. The molecule has 0 N–H and O–H groups in total. The van der Waals surface area contributed by atoms with E-state index >= 15 is 0 Å². The molecule has 0 saturated carbocycles. The summed E-state index contributed by atoms with van der Waals surface area (Å²) in [5.74, 6) is 0. The molecule has 0 fully saturated rings. The molecule has 0 radical (unpaired) electrons. The Morgan fingerprint density at radius 3 is 1.74 bits per heavy atom. The van der Waals surface area contributed by atoms with Gasteiger partial charge in [-0.05, 0) is 33.2 Å². The Morgan fingerprint density at radius 2 is 0.974 bits per heavy atom. The molecule has 0 saturated heterocycles. The summed E-state index contributed by atoms with van der Waals surface area (Å²) in [6.45, 7) is 0. The summed E-state index contributed by atoms with van der Waals surface area (Å²) in [4.78, 5) is 10.0. The molecule has 0 bridgehead atoms. The summed E-state index contributed by atoms with van der Waals surface area (Å²) in [5.41, 5.74) is 6.49. The summed E-state index contributed by atoms with van der Waals surface area (Å²) >= 11 is 0. The fraction of sp³-hybridized carbons (Fsp3) is 0. The van der Waals surface area contributed by atoms with E-state index in [4.69, 9.17) is 4.98 Å². The van der Waals surface area contributed by atoms with Crippen LogP contribution in [0.15, 0.2) is 134 Å². The molecule has 2 nitrogen and oxygen atoms in total. The van der Waals surface area contributed by atoms with Crippen LogP contribution in [0.5, 0.6) is 0 Å². The van der Waals surface area contributed by atoms with E-state index in [2.05, 4.69) is 126 Å². The molecule has 176 valence electrons. The number of nitrogens with zero attached hydrogens (tertiary/aromatic N) is 2. The minimum Gasteiger partial charge on any atom is -0.256 e. The van der Waals surface area contributed by atoms with Crippen molar-refractivity contribution in [3.63, 3.8) is 0 Å². The number of hydrogen-bond donors (Lipinski definition) is 0. The number of aromatic nitrogens is 2. The quantitative estimate of drug-likeness (QED) is 0.229. The zero-order valence-corrected chi connectivity index (χ0v) is 20.6. The first-order valence-electron chi connectivity index (χ1n) is 12.9. The van der Waals surface area contributed by atoms with E-state index in [1.54, 1.807) is 0 Å². The lowest BCUT2D eigenvalue weighted by molar-refractivity contribution is 1.41. The Bertz CT molecular complexity index is 2170. The molecule has 8 rings (SSSR count). The molecule has 0 amide bonds.